The number of hydrogen-bond acceptors (Lipinski definition) is 1. The van der Waals surface area contributed by atoms with Gasteiger partial charge < -0.3 is 5.32 Å². The van der Waals surface area contributed by atoms with E-state index in [0.717, 1.165) is 15.7 Å². The van der Waals surface area contributed by atoms with Crippen LogP contribution in [0.15, 0.2) is 40.9 Å². The minimum absolute atomic E-state index is 0.220. The predicted molar refractivity (Wildman–Crippen MR) is 77.3 cm³/mol. The molecule has 94 valence electrons. The summed E-state index contributed by atoms with van der Waals surface area (Å²) in [4.78, 5) is 0. The minimum atomic E-state index is -0.220. The summed E-state index contributed by atoms with van der Waals surface area (Å²) in [6, 6.07) is 11.1. The fourth-order valence-electron chi connectivity index (χ4n) is 2.00. The predicted octanol–water partition coefficient (Wildman–Crippen LogP) is 4.82. The Hall–Kier alpha value is -1.35. The maximum Gasteiger partial charge on any atom is 0.124 e. The van der Waals surface area contributed by atoms with Crippen LogP contribution in [0.2, 0.25) is 0 Å². The van der Waals surface area contributed by atoms with Crippen LogP contribution in [0.5, 0.6) is 0 Å². The van der Waals surface area contributed by atoms with Gasteiger partial charge in [0, 0.05) is 16.7 Å². The Kier molecular flexibility index (Phi) is 4.02. The second kappa shape index (κ2) is 5.53. The Bertz CT molecular complexity index is 526. The smallest absolute Gasteiger partial charge is 0.124 e. The highest BCUT2D eigenvalue weighted by molar-refractivity contribution is 9.10. The molecular formula is C15H15BrFN. The summed E-state index contributed by atoms with van der Waals surface area (Å²) in [7, 11) is 0. The standard InChI is InChI=1S/C15H15BrFN/c1-10-4-3-5-11(2)15(10)18-9-12-6-13(16)8-14(17)7-12/h3-8,18H,9H2,1-2H3. The molecule has 0 amide bonds. The maximum absolute atomic E-state index is 13.3. The van der Waals surface area contributed by atoms with Crippen molar-refractivity contribution in [3.05, 3.63) is 63.4 Å². The van der Waals surface area contributed by atoms with Crippen molar-refractivity contribution in [3.8, 4) is 0 Å². The Labute approximate surface area is 115 Å². The van der Waals surface area contributed by atoms with Crippen LogP contribution in [0.1, 0.15) is 16.7 Å². The molecule has 0 radical (unpaired) electrons. The lowest BCUT2D eigenvalue weighted by atomic mass is 10.1. The fraction of sp³-hybridized carbons (Fsp3) is 0.200. The first-order chi connectivity index (χ1) is 8.56. The molecule has 2 aromatic carbocycles. The number of anilines is 1. The van der Waals surface area contributed by atoms with Gasteiger partial charge in [0.1, 0.15) is 5.82 Å². The molecule has 0 heterocycles. The monoisotopic (exact) mass is 307 g/mol. The first-order valence-electron chi connectivity index (χ1n) is 5.81. The van der Waals surface area contributed by atoms with Crippen LogP contribution >= 0.6 is 15.9 Å². The Morgan fingerprint density at radius 3 is 2.39 bits per heavy atom. The fourth-order valence-corrected chi connectivity index (χ4v) is 2.51. The largest absolute Gasteiger partial charge is 0.381 e. The average molecular weight is 308 g/mol. The van der Waals surface area contributed by atoms with E-state index < -0.39 is 0 Å². The van der Waals surface area contributed by atoms with E-state index in [-0.39, 0.29) is 5.82 Å². The highest BCUT2D eigenvalue weighted by Gasteiger charge is 2.03. The Balaban J connectivity index is 2.16. The number of nitrogens with one attached hydrogen (secondary N) is 1. The van der Waals surface area contributed by atoms with Crippen LogP contribution in [-0.4, -0.2) is 0 Å². The van der Waals surface area contributed by atoms with Crippen molar-refractivity contribution in [2.24, 2.45) is 0 Å². The molecule has 1 nitrogen and oxygen atoms in total. The maximum atomic E-state index is 13.3. The van der Waals surface area contributed by atoms with Gasteiger partial charge in [0.05, 0.1) is 0 Å². The van der Waals surface area contributed by atoms with Crippen LogP contribution in [0.4, 0.5) is 10.1 Å². The number of benzene rings is 2. The second-order valence-corrected chi connectivity index (χ2v) is 5.31. The van der Waals surface area contributed by atoms with Gasteiger partial charge >= 0.3 is 0 Å². The van der Waals surface area contributed by atoms with Crippen molar-refractivity contribution in [1.82, 2.24) is 0 Å². The van der Waals surface area contributed by atoms with E-state index in [1.165, 1.54) is 17.2 Å². The van der Waals surface area contributed by atoms with Crippen molar-refractivity contribution in [3.63, 3.8) is 0 Å². The van der Waals surface area contributed by atoms with Gasteiger partial charge in [-0.05, 0) is 48.7 Å². The van der Waals surface area contributed by atoms with Crippen molar-refractivity contribution in [2.75, 3.05) is 5.32 Å². The van der Waals surface area contributed by atoms with Gasteiger partial charge in [0.15, 0.2) is 0 Å². The highest BCUT2D eigenvalue weighted by atomic mass is 79.9. The summed E-state index contributed by atoms with van der Waals surface area (Å²) in [6.07, 6.45) is 0. The van der Waals surface area contributed by atoms with Gasteiger partial charge in [-0.1, -0.05) is 34.1 Å². The lowest BCUT2D eigenvalue weighted by Crippen LogP contribution is -2.03. The summed E-state index contributed by atoms with van der Waals surface area (Å²) in [6.45, 7) is 4.75. The lowest BCUT2D eigenvalue weighted by Gasteiger charge is -2.12. The molecule has 2 rings (SSSR count). The van der Waals surface area contributed by atoms with Crippen LogP contribution in [0, 0.1) is 19.7 Å². The summed E-state index contributed by atoms with van der Waals surface area (Å²) < 4.78 is 14.0. The first kappa shape index (κ1) is 13.1. The van der Waals surface area contributed by atoms with E-state index in [2.05, 4.69) is 47.2 Å². The Morgan fingerprint density at radius 1 is 1.11 bits per heavy atom. The third-order valence-corrected chi connectivity index (χ3v) is 3.33. The summed E-state index contributed by atoms with van der Waals surface area (Å²) in [5.74, 6) is -0.220. The summed E-state index contributed by atoms with van der Waals surface area (Å²) >= 11 is 3.30. The zero-order valence-electron chi connectivity index (χ0n) is 10.4. The van der Waals surface area contributed by atoms with Crippen LogP contribution in [0.3, 0.4) is 0 Å². The molecule has 0 fully saturated rings. The van der Waals surface area contributed by atoms with E-state index in [4.69, 9.17) is 0 Å². The van der Waals surface area contributed by atoms with E-state index in [1.807, 2.05) is 12.1 Å². The number of rotatable bonds is 3. The highest BCUT2D eigenvalue weighted by Crippen LogP contribution is 2.21. The second-order valence-electron chi connectivity index (χ2n) is 4.40. The van der Waals surface area contributed by atoms with Gasteiger partial charge in [-0.2, -0.15) is 0 Å². The average Bonchev–Trinajstić information content (AvgIpc) is 2.27. The molecular weight excluding hydrogens is 293 g/mol. The number of halogens is 2. The molecule has 3 heteroatoms. The molecule has 0 saturated heterocycles. The molecule has 0 aliphatic heterocycles. The van der Waals surface area contributed by atoms with Gasteiger partial charge in [-0.25, -0.2) is 4.39 Å². The van der Waals surface area contributed by atoms with Crippen molar-refractivity contribution in [2.45, 2.75) is 20.4 Å². The number of aryl methyl sites for hydroxylation is 2. The van der Waals surface area contributed by atoms with E-state index >= 15 is 0 Å². The lowest BCUT2D eigenvalue weighted by molar-refractivity contribution is 0.625. The SMILES string of the molecule is Cc1cccc(C)c1NCc1cc(F)cc(Br)c1. The van der Waals surface area contributed by atoms with Crippen molar-refractivity contribution < 1.29 is 4.39 Å². The summed E-state index contributed by atoms with van der Waals surface area (Å²) in [5.41, 5.74) is 4.44. The van der Waals surface area contributed by atoms with Crippen LogP contribution in [-0.2, 0) is 6.54 Å². The van der Waals surface area contributed by atoms with E-state index in [1.54, 1.807) is 6.07 Å². The number of hydrogen-bond donors (Lipinski definition) is 1. The topological polar surface area (TPSA) is 12.0 Å². The van der Waals surface area contributed by atoms with Gasteiger partial charge in [0.25, 0.3) is 0 Å². The molecule has 0 spiro atoms. The molecule has 0 atom stereocenters. The summed E-state index contributed by atoms with van der Waals surface area (Å²) in [5, 5.41) is 3.36. The third kappa shape index (κ3) is 3.10. The third-order valence-electron chi connectivity index (χ3n) is 2.87. The first-order valence-corrected chi connectivity index (χ1v) is 6.60. The van der Waals surface area contributed by atoms with Crippen LogP contribution < -0.4 is 5.32 Å². The van der Waals surface area contributed by atoms with Gasteiger partial charge in [0.2, 0.25) is 0 Å². The number of para-hydroxylation sites is 1. The molecule has 0 bridgehead atoms. The van der Waals surface area contributed by atoms with Crippen LogP contribution in [0.25, 0.3) is 0 Å². The molecule has 18 heavy (non-hydrogen) atoms. The zero-order valence-corrected chi connectivity index (χ0v) is 12.0. The minimum Gasteiger partial charge on any atom is -0.381 e. The van der Waals surface area contributed by atoms with Gasteiger partial charge in [-0.15, -0.1) is 0 Å². The van der Waals surface area contributed by atoms with E-state index in [9.17, 15) is 4.39 Å². The quantitative estimate of drug-likeness (QED) is 0.857. The molecule has 0 saturated carbocycles. The van der Waals surface area contributed by atoms with Crippen molar-refractivity contribution >= 4 is 21.6 Å². The molecule has 1 N–H and O–H groups in total. The van der Waals surface area contributed by atoms with Crippen molar-refractivity contribution in [1.29, 1.82) is 0 Å². The Morgan fingerprint density at radius 2 is 1.78 bits per heavy atom. The zero-order chi connectivity index (χ0) is 13.1. The molecule has 2 aromatic rings. The van der Waals surface area contributed by atoms with Gasteiger partial charge in [-0.3, -0.25) is 0 Å². The molecule has 0 aliphatic carbocycles. The molecule has 0 aliphatic rings. The normalized spacial score (nSPS) is 10.4. The van der Waals surface area contributed by atoms with E-state index in [0.29, 0.717) is 6.54 Å². The molecule has 0 unspecified atom stereocenters. The molecule has 0 aromatic heterocycles.